The highest BCUT2D eigenvalue weighted by atomic mass is 35.5. The van der Waals surface area contributed by atoms with Gasteiger partial charge in [-0.2, -0.15) is 0 Å². The van der Waals surface area contributed by atoms with Crippen molar-refractivity contribution in [1.82, 2.24) is 14.9 Å². The number of hydrogen-bond donors (Lipinski definition) is 1. The van der Waals surface area contributed by atoms with Crippen molar-refractivity contribution in [3.05, 3.63) is 17.2 Å². The van der Waals surface area contributed by atoms with Gasteiger partial charge in [-0.1, -0.05) is 24.4 Å². The first-order valence-electron chi connectivity index (χ1n) is 6.08. The van der Waals surface area contributed by atoms with Gasteiger partial charge in [-0.3, -0.25) is 0 Å². The Morgan fingerprint density at radius 2 is 2.25 bits per heavy atom. The number of hydrogen-bond acceptors (Lipinski definition) is 2. The van der Waals surface area contributed by atoms with E-state index in [4.69, 9.17) is 11.6 Å². The lowest BCUT2D eigenvalue weighted by Gasteiger charge is -2.20. The molecule has 1 aliphatic rings. The van der Waals surface area contributed by atoms with Crippen molar-refractivity contribution >= 4 is 11.6 Å². The normalized spacial score (nSPS) is 19.2. The van der Waals surface area contributed by atoms with Crippen LogP contribution in [0.15, 0.2) is 6.20 Å². The number of nitrogens with one attached hydrogen (secondary N) is 1. The summed E-state index contributed by atoms with van der Waals surface area (Å²) in [6, 6.07) is 0.581. The predicted molar refractivity (Wildman–Crippen MR) is 66.5 cm³/mol. The Hall–Kier alpha value is -0.540. The van der Waals surface area contributed by atoms with Crippen LogP contribution in [0.5, 0.6) is 0 Å². The standard InChI is InChI=1S/C12H20ClN3/c1-9(10-5-3-4-6-10)14-8-12-15-7-11(13)16(12)2/h7,9-10,14H,3-6,8H2,1-2H3. The summed E-state index contributed by atoms with van der Waals surface area (Å²) < 4.78 is 1.93. The van der Waals surface area contributed by atoms with Crippen LogP contribution in [0.25, 0.3) is 0 Å². The summed E-state index contributed by atoms with van der Waals surface area (Å²) in [4.78, 5) is 4.28. The monoisotopic (exact) mass is 241 g/mol. The van der Waals surface area contributed by atoms with Crippen LogP contribution in [0.1, 0.15) is 38.4 Å². The zero-order valence-electron chi connectivity index (χ0n) is 10.0. The lowest BCUT2D eigenvalue weighted by atomic mass is 10.00. The lowest BCUT2D eigenvalue weighted by Crippen LogP contribution is -2.32. The quantitative estimate of drug-likeness (QED) is 0.879. The molecule has 0 amide bonds. The van der Waals surface area contributed by atoms with Gasteiger partial charge in [-0.25, -0.2) is 4.98 Å². The highest BCUT2D eigenvalue weighted by Crippen LogP contribution is 2.27. The molecule has 0 aromatic carbocycles. The van der Waals surface area contributed by atoms with Gasteiger partial charge in [0.05, 0.1) is 12.7 Å². The molecule has 1 aromatic rings. The topological polar surface area (TPSA) is 29.9 Å². The van der Waals surface area contributed by atoms with E-state index in [1.54, 1.807) is 6.20 Å². The summed E-state index contributed by atoms with van der Waals surface area (Å²) in [5, 5.41) is 4.25. The minimum Gasteiger partial charge on any atom is -0.321 e. The van der Waals surface area contributed by atoms with E-state index in [-0.39, 0.29) is 0 Å². The van der Waals surface area contributed by atoms with Gasteiger partial charge in [0.1, 0.15) is 11.0 Å². The minimum absolute atomic E-state index is 0.581. The number of halogens is 1. The first kappa shape index (κ1) is 11.9. The molecule has 1 fully saturated rings. The van der Waals surface area contributed by atoms with Gasteiger partial charge in [0.25, 0.3) is 0 Å². The van der Waals surface area contributed by atoms with Gasteiger partial charge in [-0.05, 0) is 25.7 Å². The SMILES string of the molecule is CC(NCc1ncc(Cl)n1C)C1CCCC1. The van der Waals surface area contributed by atoms with Crippen molar-refractivity contribution in [2.75, 3.05) is 0 Å². The molecule has 1 unspecified atom stereocenters. The molecular weight excluding hydrogens is 222 g/mol. The molecule has 0 bridgehead atoms. The second kappa shape index (κ2) is 5.19. The third-order valence-electron chi connectivity index (χ3n) is 3.72. The molecule has 16 heavy (non-hydrogen) atoms. The highest BCUT2D eigenvalue weighted by Gasteiger charge is 2.21. The van der Waals surface area contributed by atoms with Crippen molar-refractivity contribution in [2.24, 2.45) is 13.0 Å². The molecule has 0 aliphatic heterocycles. The first-order chi connectivity index (χ1) is 7.68. The maximum atomic E-state index is 5.94. The zero-order chi connectivity index (χ0) is 11.5. The maximum Gasteiger partial charge on any atom is 0.128 e. The number of nitrogens with zero attached hydrogens (tertiary/aromatic N) is 2. The summed E-state index contributed by atoms with van der Waals surface area (Å²) in [6.45, 7) is 3.08. The van der Waals surface area contributed by atoms with Crippen LogP contribution in [0.2, 0.25) is 5.15 Å². The Bertz CT molecular complexity index is 342. The zero-order valence-corrected chi connectivity index (χ0v) is 10.8. The van der Waals surface area contributed by atoms with Crippen molar-refractivity contribution in [3.63, 3.8) is 0 Å². The molecule has 0 spiro atoms. The molecule has 1 N–H and O–H groups in total. The Morgan fingerprint density at radius 1 is 1.56 bits per heavy atom. The van der Waals surface area contributed by atoms with Gasteiger partial charge in [0.2, 0.25) is 0 Å². The summed E-state index contributed by atoms with van der Waals surface area (Å²) in [7, 11) is 1.95. The molecule has 4 heteroatoms. The summed E-state index contributed by atoms with van der Waals surface area (Å²) in [6.07, 6.45) is 7.24. The number of imidazole rings is 1. The molecule has 1 atom stereocenters. The van der Waals surface area contributed by atoms with Crippen LogP contribution in [-0.4, -0.2) is 15.6 Å². The van der Waals surface area contributed by atoms with Crippen LogP contribution in [-0.2, 0) is 13.6 Å². The van der Waals surface area contributed by atoms with Crippen LogP contribution in [0, 0.1) is 5.92 Å². The van der Waals surface area contributed by atoms with Gasteiger partial charge in [0.15, 0.2) is 0 Å². The minimum atomic E-state index is 0.581. The summed E-state index contributed by atoms with van der Waals surface area (Å²) in [5.41, 5.74) is 0. The van der Waals surface area contributed by atoms with Gasteiger partial charge in [0, 0.05) is 13.1 Å². The summed E-state index contributed by atoms with van der Waals surface area (Å²) in [5.74, 6) is 1.85. The van der Waals surface area contributed by atoms with Crippen molar-refractivity contribution in [3.8, 4) is 0 Å². The molecular formula is C12H20ClN3. The molecule has 2 rings (SSSR count). The van der Waals surface area contributed by atoms with E-state index in [1.165, 1.54) is 25.7 Å². The summed E-state index contributed by atoms with van der Waals surface area (Å²) >= 11 is 5.94. The molecule has 3 nitrogen and oxygen atoms in total. The van der Waals surface area contributed by atoms with E-state index < -0.39 is 0 Å². The fraction of sp³-hybridized carbons (Fsp3) is 0.750. The van der Waals surface area contributed by atoms with E-state index in [2.05, 4.69) is 17.2 Å². The van der Waals surface area contributed by atoms with Crippen LogP contribution in [0.3, 0.4) is 0 Å². The maximum absolute atomic E-state index is 5.94. The van der Waals surface area contributed by atoms with Crippen molar-refractivity contribution < 1.29 is 0 Å². The largest absolute Gasteiger partial charge is 0.321 e. The molecule has 1 aliphatic carbocycles. The smallest absolute Gasteiger partial charge is 0.128 e. The lowest BCUT2D eigenvalue weighted by molar-refractivity contribution is 0.375. The second-order valence-electron chi connectivity index (χ2n) is 4.77. The molecule has 0 saturated heterocycles. The Balaban J connectivity index is 1.84. The van der Waals surface area contributed by atoms with Crippen LogP contribution in [0.4, 0.5) is 0 Å². The van der Waals surface area contributed by atoms with E-state index in [0.29, 0.717) is 11.2 Å². The molecule has 90 valence electrons. The third-order valence-corrected chi connectivity index (χ3v) is 4.07. The molecule has 1 heterocycles. The van der Waals surface area contributed by atoms with Gasteiger partial charge >= 0.3 is 0 Å². The van der Waals surface area contributed by atoms with Crippen LogP contribution >= 0.6 is 11.6 Å². The van der Waals surface area contributed by atoms with Gasteiger partial charge in [-0.15, -0.1) is 0 Å². The number of rotatable bonds is 4. The average Bonchev–Trinajstić information content (AvgIpc) is 2.89. The average molecular weight is 242 g/mol. The van der Waals surface area contributed by atoms with E-state index in [0.717, 1.165) is 18.3 Å². The third kappa shape index (κ3) is 2.58. The van der Waals surface area contributed by atoms with E-state index >= 15 is 0 Å². The highest BCUT2D eigenvalue weighted by molar-refractivity contribution is 6.29. The first-order valence-corrected chi connectivity index (χ1v) is 6.45. The molecule has 0 radical (unpaired) electrons. The fourth-order valence-electron chi connectivity index (χ4n) is 2.46. The Kier molecular flexibility index (Phi) is 3.87. The number of aromatic nitrogens is 2. The van der Waals surface area contributed by atoms with Gasteiger partial charge < -0.3 is 9.88 Å². The Labute approximate surface area is 102 Å². The fourth-order valence-corrected chi connectivity index (χ4v) is 2.61. The molecule has 1 aromatic heterocycles. The second-order valence-corrected chi connectivity index (χ2v) is 5.16. The molecule has 1 saturated carbocycles. The predicted octanol–water partition coefficient (Wildman–Crippen LogP) is 2.74. The van der Waals surface area contributed by atoms with E-state index in [9.17, 15) is 0 Å². The van der Waals surface area contributed by atoms with Crippen molar-refractivity contribution in [1.29, 1.82) is 0 Å². The van der Waals surface area contributed by atoms with E-state index in [1.807, 2.05) is 11.6 Å². The van der Waals surface area contributed by atoms with Crippen LogP contribution < -0.4 is 5.32 Å². The van der Waals surface area contributed by atoms with Crippen molar-refractivity contribution in [2.45, 2.75) is 45.2 Å². The Morgan fingerprint density at radius 3 is 2.81 bits per heavy atom.